The van der Waals surface area contributed by atoms with Crippen molar-refractivity contribution in [1.82, 2.24) is 0 Å². The normalized spacial score (nSPS) is 20.0. The van der Waals surface area contributed by atoms with Crippen molar-refractivity contribution in [3.8, 4) is 16.9 Å². The van der Waals surface area contributed by atoms with Crippen molar-refractivity contribution < 1.29 is 18.3 Å². The van der Waals surface area contributed by atoms with Crippen LogP contribution in [0, 0.1) is 11.6 Å². The minimum Gasteiger partial charge on any atom is -0.486 e. The summed E-state index contributed by atoms with van der Waals surface area (Å²) in [6.45, 7) is 6.29. The lowest BCUT2D eigenvalue weighted by molar-refractivity contribution is 0.0326. The lowest BCUT2D eigenvalue weighted by Gasteiger charge is -2.27. The molecular formula is C23H24F2O2. The maximum atomic E-state index is 14.4. The maximum absolute atomic E-state index is 14.4. The quantitative estimate of drug-likeness (QED) is 0.578. The maximum Gasteiger partial charge on any atom is 0.201 e. The average Bonchev–Trinajstić information content (AvgIpc) is 2.70. The molecule has 0 aromatic heterocycles. The number of hydrogen-bond donors (Lipinski definition) is 0. The molecule has 1 heterocycles. The molecule has 3 rings (SSSR count). The van der Waals surface area contributed by atoms with E-state index >= 15 is 0 Å². The second-order valence-corrected chi connectivity index (χ2v) is 6.63. The highest BCUT2D eigenvalue weighted by atomic mass is 19.2. The molecule has 2 unspecified atom stereocenters. The van der Waals surface area contributed by atoms with Crippen LogP contribution in [0.4, 0.5) is 8.78 Å². The minimum atomic E-state index is -0.978. The van der Waals surface area contributed by atoms with E-state index in [2.05, 4.69) is 12.7 Å². The number of benzene rings is 2. The highest BCUT2D eigenvalue weighted by Gasteiger charge is 2.22. The van der Waals surface area contributed by atoms with E-state index in [1.165, 1.54) is 18.2 Å². The molecule has 0 bridgehead atoms. The second-order valence-electron chi connectivity index (χ2n) is 6.63. The van der Waals surface area contributed by atoms with E-state index < -0.39 is 11.6 Å². The van der Waals surface area contributed by atoms with Gasteiger partial charge in [-0.2, -0.15) is 4.39 Å². The van der Waals surface area contributed by atoms with Crippen LogP contribution in [0.1, 0.15) is 31.2 Å². The predicted octanol–water partition coefficient (Wildman–Crippen LogP) is 6.04. The molecule has 2 atom stereocenters. The first-order chi connectivity index (χ1) is 13.1. The first-order valence-corrected chi connectivity index (χ1v) is 9.20. The van der Waals surface area contributed by atoms with Crippen molar-refractivity contribution in [3.63, 3.8) is 0 Å². The molecule has 2 aromatic rings. The zero-order valence-electron chi connectivity index (χ0n) is 15.5. The third kappa shape index (κ3) is 4.45. The molecule has 4 heteroatoms. The molecule has 27 heavy (non-hydrogen) atoms. The smallest absolute Gasteiger partial charge is 0.201 e. The SMILES string of the molecule is C=CCOc1ccc(-c2ccc(C3CCC(C=CC)OC3)cc2)c(F)c1F. The van der Waals surface area contributed by atoms with E-state index in [-0.39, 0.29) is 24.0 Å². The third-order valence-electron chi connectivity index (χ3n) is 4.81. The Balaban J connectivity index is 1.74. The molecule has 0 saturated carbocycles. The molecule has 1 saturated heterocycles. The van der Waals surface area contributed by atoms with Gasteiger partial charge in [0.25, 0.3) is 0 Å². The first-order valence-electron chi connectivity index (χ1n) is 9.20. The van der Waals surface area contributed by atoms with Crippen LogP contribution in [0.2, 0.25) is 0 Å². The van der Waals surface area contributed by atoms with Crippen LogP contribution >= 0.6 is 0 Å². The van der Waals surface area contributed by atoms with E-state index in [1.807, 2.05) is 37.3 Å². The summed E-state index contributed by atoms with van der Waals surface area (Å²) in [7, 11) is 0. The number of halogens is 2. The Hall–Kier alpha value is -2.46. The van der Waals surface area contributed by atoms with Gasteiger partial charge in [-0.05, 0) is 43.0 Å². The highest BCUT2D eigenvalue weighted by molar-refractivity contribution is 5.65. The fourth-order valence-corrected chi connectivity index (χ4v) is 3.35. The monoisotopic (exact) mass is 370 g/mol. The van der Waals surface area contributed by atoms with Crippen LogP contribution in [-0.4, -0.2) is 19.3 Å². The van der Waals surface area contributed by atoms with Gasteiger partial charge < -0.3 is 9.47 Å². The van der Waals surface area contributed by atoms with Gasteiger partial charge in [0.1, 0.15) is 6.61 Å². The highest BCUT2D eigenvalue weighted by Crippen LogP contribution is 2.33. The Morgan fingerprint density at radius 3 is 2.52 bits per heavy atom. The van der Waals surface area contributed by atoms with Gasteiger partial charge in [0.2, 0.25) is 5.82 Å². The van der Waals surface area contributed by atoms with E-state index in [0.29, 0.717) is 18.1 Å². The topological polar surface area (TPSA) is 18.5 Å². The standard InChI is InChI=1S/C23H24F2O2/c1-3-5-19-11-10-18(15-27-19)16-6-8-17(9-7-16)20-12-13-21(26-14-4-2)23(25)22(20)24/h3-9,12-13,18-19H,2,10-11,14-15H2,1H3. The fourth-order valence-electron chi connectivity index (χ4n) is 3.35. The molecule has 0 aliphatic carbocycles. The summed E-state index contributed by atoms with van der Waals surface area (Å²) in [5.74, 6) is -1.66. The molecule has 0 spiro atoms. The summed E-state index contributed by atoms with van der Waals surface area (Å²) < 4.78 is 39.6. The lowest BCUT2D eigenvalue weighted by atomic mass is 9.90. The number of allylic oxidation sites excluding steroid dienone is 1. The third-order valence-corrected chi connectivity index (χ3v) is 4.81. The van der Waals surface area contributed by atoms with Crippen molar-refractivity contribution in [3.05, 3.63) is 78.4 Å². The Morgan fingerprint density at radius 2 is 1.89 bits per heavy atom. The number of hydrogen-bond acceptors (Lipinski definition) is 2. The van der Waals surface area contributed by atoms with Crippen LogP contribution < -0.4 is 4.74 Å². The van der Waals surface area contributed by atoms with Gasteiger partial charge in [0.05, 0.1) is 12.7 Å². The number of ether oxygens (including phenoxy) is 2. The lowest BCUT2D eigenvalue weighted by Crippen LogP contribution is -2.23. The summed E-state index contributed by atoms with van der Waals surface area (Å²) in [6.07, 6.45) is 7.82. The van der Waals surface area contributed by atoms with E-state index in [1.54, 1.807) is 0 Å². The van der Waals surface area contributed by atoms with Crippen molar-refractivity contribution >= 4 is 0 Å². The second kappa shape index (κ2) is 8.96. The summed E-state index contributed by atoms with van der Waals surface area (Å²) in [4.78, 5) is 0. The van der Waals surface area contributed by atoms with E-state index in [9.17, 15) is 8.78 Å². The Kier molecular flexibility index (Phi) is 6.40. The van der Waals surface area contributed by atoms with Gasteiger partial charge in [-0.1, -0.05) is 49.1 Å². The molecule has 2 nitrogen and oxygen atoms in total. The van der Waals surface area contributed by atoms with Crippen molar-refractivity contribution in [2.24, 2.45) is 0 Å². The molecule has 142 valence electrons. The average molecular weight is 370 g/mol. The summed E-state index contributed by atoms with van der Waals surface area (Å²) in [6, 6.07) is 10.6. The van der Waals surface area contributed by atoms with Crippen molar-refractivity contribution in [2.75, 3.05) is 13.2 Å². The first kappa shape index (κ1) is 19.3. The molecule has 0 radical (unpaired) electrons. The Morgan fingerprint density at radius 1 is 1.11 bits per heavy atom. The van der Waals surface area contributed by atoms with Crippen LogP contribution in [0.15, 0.2) is 61.2 Å². The largest absolute Gasteiger partial charge is 0.486 e. The van der Waals surface area contributed by atoms with Gasteiger partial charge in [0, 0.05) is 11.5 Å². The molecule has 1 aliphatic rings. The van der Waals surface area contributed by atoms with Crippen molar-refractivity contribution in [2.45, 2.75) is 31.8 Å². The van der Waals surface area contributed by atoms with Gasteiger partial charge >= 0.3 is 0 Å². The van der Waals surface area contributed by atoms with E-state index in [0.717, 1.165) is 18.4 Å². The summed E-state index contributed by atoms with van der Waals surface area (Å²) >= 11 is 0. The molecular weight excluding hydrogens is 346 g/mol. The van der Waals surface area contributed by atoms with Crippen LogP contribution in [-0.2, 0) is 4.74 Å². The molecule has 2 aromatic carbocycles. The van der Waals surface area contributed by atoms with Crippen molar-refractivity contribution in [1.29, 1.82) is 0 Å². The minimum absolute atomic E-state index is 0.109. The van der Waals surface area contributed by atoms with Gasteiger partial charge in [-0.3, -0.25) is 0 Å². The fraction of sp³-hybridized carbons (Fsp3) is 0.304. The molecule has 1 aliphatic heterocycles. The zero-order chi connectivity index (χ0) is 19.2. The summed E-state index contributed by atoms with van der Waals surface area (Å²) in [5.41, 5.74) is 2.01. The Labute approximate surface area is 159 Å². The van der Waals surface area contributed by atoms with Crippen LogP contribution in [0.5, 0.6) is 5.75 Å². The van der Waals surface area contributed by atoms with Crippen LogP contribution in [0.3, 0.4) is 0 Å². The summed E-state index contributed by atoms with van der Waals surface area (Å²) in [5, 5.41) is 0. The van der Waals surface area contributed by atoms with E-state index in [4.69, 9.17) is 9.47 Å². The molecule has 0 N–H and O–H groups in total. The predicted molar refractivity (Wildman–Crippen MR) is 104 cm³/mol. The van der Waals surface area contributed by atoms with Gasteiger partial charge in [-0.15, -0.1) is 0 Å². The Bertz CT molecular complexity index is 804. The molecule has 1 fully saturated rings. The number of rotatable bonds is 6. The van der Waals surface area contributed by atoms with Gasteiger partial charge in [0.15, 0.2) is 11.6 Å². The van der Waals surface area contributed by atoms with Crippen LogP contribution in [0.25, 0.3) is 11.1 Å². The van der Waals surface area contributed by atoms with Gasteiger partial charge in [-0.25, -0.2) is 4.39 Å². The zero-order valence-corrected chi connectivity index (χ0v) is 15.5. The molecule has 0 amide bonds.